The van der Waals surface area contributed by atoms with Gasteiger partial charge in [-0.2, -0.15) is 39.5 Å². The number of benzene rings is 4. The first-order valence-electron chi connectivity index (χ1n) is 30.6. The highest BCUT2D eigenvalue weighted by atomic mass is 35.5. The Bertz CT molecular complexity index is 4720. The summed E-state index contributed by atoms with van der Waals surface area (Å²) in [7, 11) is 10.2. The van der Waals surface area contributed by atoms with E-state index in [0.29, 0.717) is 69.6 Å². The van der Waals surface area contributed by atoms with Crippen molar-refractivity contribution in [3.8, 4) is 46.0 Å². The van der Waals surface area contributed by atoms with Crippen molar-refractivity contribution in [1.82, 2.24) is 39.9 Å². The third-order valence-corrected chi connectivity index (χ3v) is 15.5. The van der Waals surface area contributed by atoms with Gasteiger partial charge in [-0.3, -0.25) is 0 Å². The van der Waals surface area contributed by atoms with Gasteiger partial charge in [0.05, 0.1) is 45.6 Å². The molecule has 0 fully saturated rings. The topological polar surface area (TPSA) is 236 Å². The minimum absolute atomic E-state index is 0.00217. The smallest absolute Gasteiger partial charge is 0.422 e. The highest BCUT2D eigenvalue weighted by molar-refractivity contribution is 6.31. The van der Waals surface area contributed by atoms with Crippen LogP contribution in [0.25, 0.3) is 44.1 Å². The number of aromatic nitrogens is 8. The molecule has 31 heteroatoms. The van der Waals surface area contributed by atoms with Crippen LogP contribution in [0, 0.1) is 5.82 Å². The molecule has 540 valence electrons. The third kappa shape index (κ3) is 19.3. The SMILES string of the molecule is COCCOc1ccc(F)c(C(OC)c2c[nH]c3ncc(Cl)cc23)c1OC.COc1ccc(C(O)c2c[nH]c3ncccc23)cc1OCC(F)(F)F.COc1ccc(C(OC)c2c[nH]c3ncccc23)cc1OCC(F)(F)F.COc1ccc(Cc2c[nH]c3ncccc23)cc1OCC(F)(F)F. The maximum absolute atomic E-state index is 14.8. The Hall–Kier alpha value is -10.5. The molecular weight excluding hydrogens is 1380 g/mol. The van der Waals surface area contributed by atoms with E-state index in [0.717, 1.165) is 43.9 Å². The predicted molar refractivity (Wildman–Crippen MR) is 358 cm³/mol. The number of fused-ring (bicyclic) bond motifs is 4. The minimum atomic E-state index is -4.47. The number of ether oxygens (including phenoxy) is 11. The Kier molecular flexibility index (Phi) is 25.4. The molecule has 12 aromatic rings. The van der Waals surface area contributed by atoms with Crippen LogP contribution < -0.4 is 37.9 Å². The first kappa shape index (κ1) is 75.7. The summed E-state index contributed by atoms with van der Waals surface area (Å²) >= 11 is 6.08. The number of methoxy groups -OCH3 is 7. The molecule has 0 aliphatic carbocycles. The van der Waals surface area contributed by atoms with Crippen molar-refractivity contribution in [1.29, 1.82) is 0 Å². The van der Waals surface area contributed by atoms with E-state index in [1.54, 1.807) is 105 Å². The number of nitrogens with one attached hydrogen (secondary N) is 4. The summed E-state index contributed by atoms with van der Waals surface area (Å²) in [5.74, 6) is 0.827. The van der Waals surface area contributed by atoms with E-state index in [9.17, 15) is 49.0 Å². The van der Waals surface area contributed by atoms with Crippen LogP contribution in [-0.2, 0) is 20.6 Å². The van der Waals surface area contributed by atoms with Gasteiger partial charge < -0.3 is 77.1 Å². The second-order valence-corrected chi connectivity index (χ2v) is 22.4. The second-order valence-electron chi connectivity index (χ2n) is 22.0. The molecule has 0 spiro atoms. The van der Waals surface area contributed by atoms with Gasteiger partial charge in [0.2, 0.25) is 0 Å². The Labute approximate surface area is 580 Å². The van der Waals surface area contributed by atoms with Crippen LogP contribution in [0.15, 0.2) is 159 Å². The van der Waals surface area contributed by atoms with Crippen molar-refractivity contribution in [2.24, 2.45) is 0 Å². The van der Waals surface area contributed by atoms with Gasteiger partial charge in [0.15, 0.2) is 65.8 Å². The molecule has 8 heterocycles. The van der Waals surface area contributed by atoms with Crippen LogP contribution in [0.4, 0.5) is 43.9 Å². The van der Waals surface area contributed by atoms with E-state index >= 15 is 0 Å². The molecular formula is C71H67ClF10N8O12. The Morgan fingerprint density at radius 1 is 0.451 bits per heavy atom. The van der Waals surface area contributed by atoms with E-state index in [1.807, 2.05) is 24.4 Å². The van der Waals surface area contributed by atoms with Gasteiger partial charge in [0.1, 0.15) is 53.3 Å². The molecule has 12 rings (SSSR count). The van der Waals surface area contributed by atoms with Crippen LogP contribution in [0.1, 0.15) is 62.8 Å². The predicted octanol–water partition coefficient (Wildman–Crippen LogP) is 16.1. The van der Waals surface area contributed by atoms with E-state index in [4.69, 9.17) is 63.7 Å². The van der Waals surface area contributed by atoms with E-state index in [1.165, 1.54) is 79.2 Å². The van der Waals surface area contributed by atoms with Crippen LogP contribution in [0.5, 0.6) is 46.0 Å². The summed E-state index contributed by atoms with van der Waals surface area (Å²) in [5.41, 5.74) is 7.85. The monoisotopic (exact) mass is 1450 g/mol. The molecule has 3 atom stereocenters. The number of halogens is 11. The number of H-pyrrole nitrogens is 4. The van der Waals surface area contributed by atoms with Gasteiger partial charge in [0, 0.05) is 109 Å². The minimum Gasteiger partial charge on any atom is -0.493 e. The number of hydrogen-bond acceptors (Lipinski definition) is 16. The van der Waals surface area contributed by atoms with E-state index in [-0.39, 0.29) is 45.8 Å². The first-order valence-corrected chi connectivity index (χ1v) is 31.0. The van der Waals surface area contributed by atoms with Crippen molar-refractivity contribution in [3.63, 3.8) is 0 Å². The average molecular weight is 1450 g/mol. The number of aliphatic hydroxyl groups is 1. The molecule has 0 amide bonds. The number of hydrogen-bond donors (Lipinski definition) is 5. The highest BCUT2D eigenvalue weighted by Gasteiger charge is 2.33. The molecule has 0 saturated carbocycles. The molecule has 3 unspecified atom stereocenters. The molecule has 4 aromatic carbocycles. The number of rotatable bonds is 24. The van der Waals surface area contributed by atoms with Gasteiger partial charge >= 0.3 is 18.5 Å². The molecule has 0 bridgehead atoms. The van der Waals surface area contributed by atoms with Gasteiger partial charge in [-0.1, -0.05) is 29.8 Å². The zero-order chi connectivity index (χ0) is 73.3. The maximum atomic E-state index is 14.8. The third-order valence-electron chi connectivity index (χ3n) is 15.3. The lowest BCUT2D eigenvalue weighted by molar-refractivity contribution is -0.154. The number of aromatic amines is 4. The average Bonchev–Trinajstić information content (AvgIpc) is 1.50. The number of aliphatic hydroxyl groups excluding tert-OH is 1. The largest absolute Gasteiger partial charge is 0.493 e. The number of pyridine rings is 4. The molecule has 0 aliphatic heterocycles. The lowest BCUT2D eigenvalue weighted by Crippen LogP contribution is -2.19. The fourth-order valence-corrected chi connectivity index (χ4v) is 10.9. The van der Waals surface area contributed by atoms with Crippen LogP contribution in [-0.4, -0.2) is 146 Å². The summed E-state index contributed by atoms with van der Waals surface area (Å²) in [5, 5.41) is 14.4. The molecule has 0 saturated heterocycles. The lowest BCUT2D eigenvalue weighted by Gasteiger charge is -2.21. The summed E-state index contributed by atoms with van der Waals surface area (Å²) in [6.45, 7) is -3.50. The van der Waals surface area contributed by atoms with Crippen molar-refractivity contribution in [3.05, 3.63) is 214 Å². The van der Waals surface area contributed by atoms with Crippen molar-refractivity contribution < 1.29 is 101 Å². The summed E-state index contributed by atoms with van der Waals surface area (Å²) in [6, 6.07) is 29.7. The van der Waals surface area contributed by atoms with Gasteiger partial charge in [-0.15, -0.1) is 0 Å². The molecule has 102 heavy (non-hydrogen) atoms. The molecule has 20 nitrogen and oxygen atoms in total. The van der Waals surface area contributed by atoms with Crippen LogP contribution in [0.2, 0.25) is 5.02 Å². The molecule has 0 radical (unpaired) electrons. The van der Waals surface area contributed by atoms with Crippen molar-refractivity contribution in [2.75, 3.05) is 82.8 Å². The quantitative estimate of drug-likeness (QED) is 0.0279. The summed E-state index contributed by atoms with van der Waals surface area (Å²) < 4.78 is 184. The standard InChI is InChI=1S/C19H20ClFN2O4.C18H17F3N2O3.C17H15F3N2O3.C17H15F3N2O2/c1-24-6-7-27-15-5-4-14(21)16(18(15)26-3)17(25-2)13-10-23-19-12(13)8-11(20)9-22-19;1-24-14-6-5-11(8-15(14)26-10-18(19,20)21)16(25-2)13-9-23-17-12(13)4-3-7-22-17;1-24-13-5-4-10(7-14(13)25-9-17(18,19)20)15(23)12-8-22-16-11(12)3-2-6-21-16;1-23-14-5-4-11(8-15(14)24-10-17(18,19)20)7-12-9-22-16-13(12)3-2-6-21-16/h4-5,8-10,17H,6-7H2,1-3H3,(H,22,23);3-9,16H,10H2,1-2H3,(H,22,23);2-8,15,23H,9H2,1H3,(H,21,22);2-6,8-9H,7,10H2,1H3,(H,21,22). The van der Waals surface area contributed by atoms with Gasteiger partial charge in [-0.25, -0.2) is 24.3 Å². The normalized spacial score (nSPS) is 12.5. The Morgan fingerprint density at radius 3 is 1.44 bits per heavy atom. The second kappa shape index (κ2) is 34.2. The summed E-state index contributed by atoms with van der Waals surface area (Å²) in [6.07, 6.45) is -1.62. The number of nitrogens with zero attached hydrogens (tertiary/aromatic N) is 4. The highest BCUT2D eigenvalue weighted by Crippen LogP contribution is 2.44. The molecule has 0 aliphatic rings. The summed E-state index contributed by atoms with van der Waals surface area (Å²) in [4.78, 5) is 29.0. The fraction of sp³-hybridized carbons (Fsp3) is 0.268. The zero-order valence-corrected chi connectivity index (χ0v) is 56.1. The maximum Gasteiger partial charge on any atom is 0.422 e. The van der Waals surface area contributed by atoms with Crippen LogP contribution >= 0.6 is 11.6 Å². The fourth-order valence-electron chi connectivity index (χ4n) is 10.7. The van der Waals surface area contributed by atoms with Gasteiger partial charge in [0.25, 0.3) is 0 Å². The van der Waals surface area contributed by atoms with Crippen LogP contribution in [0.3, 0.4) is 0 Å². The zero-order valence-electron chi connectivity index (χ0n) is 55.4. The van der Waals surface area contributed by atoms with E-state index in [2.05, 4.69) is 39.9 Å². The lowest BCUT2D eigenvalue weighted by atomic mass is 9.99. The first-order chi connectivity index (χ1) is 48.9. The van der Waals surface area contributed by atoms with Crippen molar-refractivity contribution in [2.45, 2.75) is 43.3 Å². The Morgan fingerprint density at radius 2 is 0.912 bits per heavy atom. The van der Waals surface area contributed by atoms with Gasteiger partial charge in [-0.05, 0) is 120 Å². The molecule has 8 aromatic heterocycles. The number of alkyl halides is 9. The molecule has 5 N–H and O–H groups in total. The van der Waals surface area contributed by atoms with E-state index < -0.39 is 62.5 Å². The van der Waals surface area contributed by atoms with Crippen molar-refractivity contribution >= 4 is 55.7 Å². The Balaban J connectivity index is 0.000000158.